The molecule has 15 heavy (non-hydrogen) atoms. The SMILES string of the molecule is Cn1cc(CCn2nccc2CN)cn1. The van der Waals surface area contributed by atoms with Crippen molar-refractivity contribution < 1.29 is 0 Å². The summed E-state index contributed by atoms with van der Waals surface area (Å²) in [6.07, 6.45) is 6.62. The zero-order chi connectivity index (χ0) is 10.7. The van der Waals surface area contributed by atoms with Crippen molar-refractivity contribution in [3.63, 3.8) is 0 Å². The molecule has 0 aliphatic carbocycles. The minimum absolute atomic E-state index is 0.535. The number of nitrogens with zero attached hydrogens (tertiary/aromatic N) is 4. The lowest BCUT2D eigenvalue weighted by molar-refractivity contribution is 0.585. The van der Waals surface area contributed by atoms with E-state index in [4.69, 9.17) is 5.73 Å². The van der Waals surface area contributed by atoms with Gasteiger partial charge >= 0.3 is 0 Å². The van der Waals surface area contributed by atoms with Gasteiger partial charge in [0, 0.05) is 32.5 Å². The molecule has 0 aromatic carbocycles. The maximum Gasteiger partial charge on any atom is 0.0522 e. The Labute approximate surface area is 88.5 Å². The summed E-state index contributed by atoms with van der Waals surface area (Å²) in [5.41, 5.74) is 7.88. The average molecular weight is 205 g/mol. The van der Waals surface area contributed by atoms with Gasteiger partial charge in [-0.3, -0.25) is 9.36 Å². The summed E-state index contributed by atoms with van der Waals surface area (Å²) in [7, 11) is 1.92. The van der Waals surface area contributed by atoms with E-state index in [1.54, 1.807) is 6.20 Å². The van der Waals surface area contributed by atoms with Gasteiger partial charge in [0.25, 0.3) is 0 Å². The second kappa shape index (κ2) is 4.27. The quantitative estimate of drug-likeness (QED) is 0.781. The normalized spacial score (nSPS) is 10.8. The topological polar surface area (TPSA) is 61.7 Å². The van der Waals surface area contributed by atoms with Crippen LogP contribution in [0.4, 0.5) is 0 Å². The first-order valence-corrected chi connectivity index (χ1v) is 4.98. The molecule has 0 radical (unpaired) electrons. The van der Waals surface area contributed by atoms with Gasteiger partial charge in [0.15, 0.2) is 0 Å². The van der Waals surface area contributed by atoms with E-state index in [-0.39, 0.29) is 0 Å². The first kappa shape index (κ1) is 9.92. The molecule has 2 aromatic heterocycles. The van der Waals surface area contributed by atoms with Crippen molar-refractivity contribution >= 4 is 0 Å². The van der Waals surface area contributed by atoms with E-state index in [0.29, 0.717) is 6.54 Å². The molecule has 0 aliphatic rings. The van der Waals surface area contributed by atoms with Gasteiger partial charge in [-0.05, 0) is 18.1 Å². The predicted octanol–water partition coefficient (Wildman–Crippen LogP) is 0.318. The molecule has 80 valence electrons. The summed E-state index contributed by atoms with van der Waals surface area (Å²) in [6.45, 7) is 1.39. The molecule has 2 heterocycles. The number of nitrogens with two attached hydrogens (primary N) is 1. The highest BCUT2D eigenvalue weighted by atomic mass is 15.3. The van der Waals surface area contributed by atoms with E-state index in [1.165, 1.54) is 5.56 Å². The van der Waals surface area contributed by atoms with E-state index in [0.717, 1.165) is 18.7 Å². The number of hydrogen-bond acceptors (Lipinski definition) is 3. The van der Waals surface area contributed by atoms with Crippen LogP contribution in [0.15, 0.2) is 24.7 Å². The summed E-state index contributed by atoms with van der Waals surface area (Å²) in [5, 5.41) is 8.34. The molecule has 0 atom stereocenters. The van der Waals surface area contributed by atoms with Crippen molar-refractivity contribution in [2.24, 2.45) is 12.8 Å². The Balaban J connectivity index is 1.98. The Hall–Kier alpha value is -1.62. The molecular weight excluding hydrogens is 190 g/mol. The largest absolute Gasteiger partial charge is 0.325 e. The maximum absolute atomic E-state index is 5.59. The Kier molecular flexibility index (Phi) is 2.82. The lowest BCUT2D eigenvalue weighted by Gasteiger charge is -2.03. The van der Waals surface area contributed by atoms with Crippen LogP contribution in [0.25, 0.3) is 0 Å². The summed E-state index contributed by atoms with van der Waals surface area (Å²) in [4.78, 5) is 0. The minimum Gasteiger partial charge on any atom is -0.325 e. The Morgan fingerprint density at radius 2 is 2.27 bits per heavy atom. The third-order valence-electron chi connectivity index (χ3n) is 2.38. The van der Waals surface area contributed by atoms with Crippen LogP contribution >= 0.6 is 0 Å². The van der Waals surface area contributed by atoms with Crippen LogP contribution < -0.4 is 5.73 Å². The fourth-order valence-electron chi connectivity index (χ4n) is 1.57. The van der Waals surface area contributed by atoms with Gasteiger partial charge < -0.3 is 5.73 Å². The van der Waals surface area contributed by atoms with Gasteiger partial charge in [0.1, 0.15) is 0 Å². The summed E-state index contributed by atoms with van der Waals surface area (Å²) >= 11 is 0. The predicted molar refractivity (Wildman–Crippen MR) is 57.0 cm³/mol. The third kappa shape index (κ3) is 2.24. The van der Waals surface area contributed by atoms with E-state index in [1.807, 2.05) is 34.9 Å². The second-order valence-corrected chi connectivity index (χ2v) is 3.52. The molecule has 5 heteroatoms. The standard InChI is InChI=1S/C10H15N5/c1-14-8-9(7-13-14)3-5-15-10(6-11)2-4-12-15/h2,4,7-8H,3,5-6,11H2,1H3. The first-order chi connectivity index (χ1) is 7.29. The van der Waals surface area contributed by atoms with Crippen molar-refractivity contribution in [2.75, 3.05) is 0 Å². The molecule has 0 amide bonds. The van der Waals surface area contributed by atoms with Crippen LogP contribution in [0, 0.1) is 0 Å². The highest BCUT2D eigenvalue weighted by Crippen LogP contribution is 2.02. The monoisotopic (exact) mass is 205 g/mol. The molecule has 0 spiro atoms. The van der Waals surface area contributed by atoms with Crippen molar-refractivity contribution in [1.82, 2.24) is 19.6 Å². The average Bonchev–Trinajstić information content (AvgIpc) is 2.83. The van der Waals surface area contributed by atoms with Crippen molar-refractivity contribution in [2.45, 2.75) is 19.5 Å². The van der Waals surface area contributed by atoms with Gasteiger partial charge in [-0.2, -0.15) is 10.2 Å². The van der Waals surface area contributed by atoms with Crippen molar-refractivity contribution in [1.29, 1.82) is 0 Å². The third-order valence-corrected chi connectivity index (χ3v) is 2.38. The van der Waals surface area contributed by atoms with Crippen LogP contribution in [0.1, 0.15) is 11.3 Å². The Bertz CT molecular complexity index is 428. The molecule has 0 bridgehead atoms. The lowest BCUT2D eigenvalue weighted by Crippen LogP contribution is -2.10. The Morgan fingerprint density at radius 3 is 2.93 bits per heavy atom. The van der Waals surface area contributed by atoms with Gasteiger partial charge in [-0.15, -0.1) is 0 Å². The summed E-state index contributed by atoms with van der Waals surface area (Å²) in [5.74, 6) is 0. The molecule has 5 nitrogen and oxygen atoms in total. The van der Waals surface area contributed by atoms with Crippen LogP contribution in [-0.2, 0) is 26.6 Å². The van der Waals surface area contributed by atoms with E-state index in [2.05, 4.69) is 10.2 Å². The minimum atomic E-state index is 0.535. The first-order valence-electron chi connectivity index (χ1n) is 4.98. The van der Waals surface area contributed by atoms with E-state index < -0.39 is 0 Å². The highest BCUT2D eigenvalue weighted by Gasteiger charge is 2.01. The molecule has 0 saturated carbocycles. The number of aryl methyl sites for hydroxylation is 3. The number of aromatic nitrogens is 4. The zero-order valence-electron chi connectivity index (χ0n) is 8.80. The molecule has 2 N–H and O–H groups in total. The van der Waals surface area contributed by atoms with Gasteiger partial charge in [-0.25, -0.2) is 0 Å². The Morgan fingerprint density at radius 1 is 1.40 bits per heavy atom. The molecule has 0 fully saturated rings. The summed E-state index contributed by atoms with van der Waals surface area (Å²) < 4.78 is 3.75. The number of hydrogen-bond donors (Lipinski definition) is 1. The molecule has 2 rings (SSSR count). The van der Waals surface area contributed by atoms with Crippen molar-refractivity contribution in [3.05, 3.63) is 35.9 Å². The second-order valence-electron chi connectivity index (χ2n) is 3.52. The molecule has 0 saturated heterocycles. The maximum atomic E-state index is 5.59. The fraction of sp³-hybridized carbons (Fsp3) is 0.400. The van der Waals surface area contributed by atoms with Gasteiger partial charge in [0.2, 0.25) is 0 Å². The van der Waals surface area contributed by atoms with Crippen LogP contribution in [0.2, 0.25) is 0 Å². The molecular formula is C10H15N5. The van der Waals surface area contributed by atoms with E-state index in [9.17, 15) is 0 Å². The number of rotatable bonds is 4. The molecule has 0 unspecified atom stereocenters. The fourth-order valence-corrected chi connectivity index (χ4v) is 1.57. The summed E-state index contributed by atoms with van der Waals surface area (Å²) in [6, 6.07) is 1.95. The highest BCUT2D eigenvalue weighted by molar-refractivity contribution is 5.05. The van der Waals surface area contributed by atoms with Crippen LogP contribution in [-0.4, -0.2) is 19.6 Å². The van der Waals surface area contributed by atoms with Gasteiger partial charge in [0.05, 0.1) is 11.9 Å². The smallest absolute Gasteiger partial charge is 0.0522 e. The van der Waals surface area contributed by atoms with Crippen LogP contribution in [0.5, 0.6) is 0 Å². The zero-order valence-corrected chi connectivity index (χ0v) is 8.80. The van der Waals surface area contributed by atoms with Crippen LogP contribution in [0.3, 0.4) is 0 Å². The van der Waals surface area contributed by atoms with Crippen molar-refractivity contribution in [3.8, 4) is 0 Å². The lowest BCUT2D eigenvalue weighted by atomic mass is 10.2. The van der Waals surface area contributed by atoms with Gasteiger partial charge in [-0.1, -0.05) is 0 Å². The molecule has 2 aromatic rings. The molecule has 0 aliphatic heterocycles. The van der Waals surface area contributed by atoms with E-state index >= 15 is 0 Å².